The molecule has 0 amide bonds. The fourth-order valence-corrected chi connectivity index (χ4v) is 1.18. The first-order valence-electron chi connectivity index (χ1n) is 4.01. The normalized spacial score (nSPS) is 10.1. The Hall–Kier alpha value is -1.97. The molecule has 0 saturated heterocycles. The molecule has 0 unspecified atom stereocenters. The van der Waals surface area contributed by atoms with E-state index in [1.54, 1.807) is 0 Å². The van der Waals surface area contributed by atoms with Crippen LogP contribution in [0.25, 0.3) is 11.1 Å². The van der Waals surface area contributed by atoms with Crippen LogP contribution >= 0.6 is 0 Å². The number of nitrogens with zero attached hydrogens (tertiary/aromatic N) is 2. The molecule has 2 aromatic heterocycles. The lowest BCUT2D eigenvalue weighted by Crippen LogP contribution is -1.86. The quantitative estimate of drug-likeness (QED) is 0.747. The summed E-state index contributed by atoms with van der Waals surface area (Å²) in [6.45, 7) is 0. The summed E-state index contributed by atoms with van der Waals surface area (Å²) in [6.07, 6.45) is 5.39. The van der Waals surface area contributed by atoms with Crippen LogP contribution in [0.3, 0.4) is 0 Å². The van der Waals surface area contributed by atoms with E-state index < -0.39 is 5.82 Å². The van der Waals surface area contributed by atoms with Gasteiger partial charge < -0.3 is 5.11 Å². The molecule has 0 aliphatic carbocycles. The van der Waals surface area contributed by atoms with Crippen molar-refractivity contribution in [2.45, 2.75) is 0 Å². The van der Waals surface area contributed by atoms with Crippen LogP contribution in [-0.2, 0) is 0 Å². The van der Waals surface area contributed by atoms with E-state index in [2.05, 4.69) is 9.97 Å². The molecule has 1 N–H and O–H groups in total. The van der Waals surface area contributed by atoms with Gasteiger partial charge in [0, 0.05) is 23.5 Å². The number of hydrogen-bond donors (Lipinski definition) is 1. The minimum absolute atomic E-state index is 0.0127. The molecule has 0 aliphatic rings. The van der Waals surface area contributed by atoms with E-state index in [-0.39, 0.29) is 5.75 Å². The third-order valence-electron chi connectivity index (χ3n) is 1.81. The van der Waals surface area contributed by atoms with E-state index in [1.165, 1.54) is 30.7 Å². The molecule has 14 heavy (non-hydrogen) atoms. The van der Waals surface area contributed by atoms with Crippen molar-refractivity contribution in [3.05, 3.63) is 42.7 Å². The van der Waals surface area contributed by atoms with Crippen LogP contribution in [0.1, 0.15) is 0 Å². The molecular formula is C10H7FN2O. The lowest BCUT2D eigenvalue weighted by atomic mass is 10.1. The second-order valence-corrected chi connectivity index (χ2v) is 2.79. The Morgan fingerprint density at radius 2 is 2.00 bits per heavy atom. The van der Waals surface area contributed by atoms with Gasteiger partial charge in [-0.25, -0.2) is 4.39 Å². The van der Waals surface area contributed by atoms with Gasteiger partial charge in [-0.2, -0.15) is 0 Å². The average Bonchev–Trinajstić information content (AvgIpc) is 2.18. The molecular weight excluding hydrogens is 183 g/mol. The zero-order valence-electron chi connectivity index (χ0n) is 7.18. The second-order valence-electron chi connectivity index (χ2n) is 2.79. The average molecular weight is 190 g/mol. The summed E-state index contributed by atoms with van der Waals surface area (Å²) in [7, 11) is 0. The first-order chi connectivity index (χ1) is 6.77. The Balaban J connectivity index is 2.55. The van der Waals surface area contributed by atoms with E-state index >= 15 is 0 Å². The van der Waals surface area contributed by atoms with Crippen LogP contribution in [0.15, 0.2) is 36.9 Å². The van der Waals surface area contributed by atoms with Crippen LogP contribution in [0.5, 0.6) is 5.75 Å². The van der Waals surface area contributed by atoms with Crippen LogP contribution in [0.4, 0.5) is 4.39 Å². The molecule has 2 rings (SSSR count). The SMILES string of the molecule is Oc1cncc(-c2ccncc2F)c1. The summed E-state index contributed by atoms with van der Waals surface area (Å²) >= 11 is 0. The third-order valence-corrected chi connectivity index (χ3v) is 1.81. The maximum atomic E-state index is 13.2. The van der Waals surface area contributed by atoms with Crippen molar-refractivity contribution in [2.24, 2.45) is 0 Å². The fourth-order valence-electron chi connectivity index (χ4n) is 1.18. The molecule has 0 atom stereocenters. The van der Waals surface area contributed by atoms with E-state index in [1.807, 2.05) is 0 Å². The van der Waals surface area contributed by atoms with Crippen LogP contribution < -0.4 is 0 Å². The van der Waals surface area contributed by atoms with Gasteiger partial charge >= 0.3 is 0 Å². The van der Waals surface area contributed by atoms with Crippen LogP contribution in [-0.4, -0.2) is 15.1 Å². The molecule has 0 bridgehead atoms. The maximum absolute atomic E-state index is 13.2. The summed E-state index contributed by atoms with van der Waals surface area (Å²) in [5, 5.41) is 9.16. The first kappa shape index (κ1) is 8.62. The molecule has 2 heterocycles. The van der Waals surface area contributed by atoms with Crippen molar-refractivity contribution >= 4 is 0 Å². The zero-order chi connectivity index (χ0) is 9.97. The highest BCUT2D eigenvalue weighted by Gasteiger charge is 2.04. The molecule has 0 fully saturated rings. The summed E-state index contributed by atoms with van der Waals surface area (Å²) in [4.78, 5) is 7.40. The molecule has 3 nitrogen and oxygen atoms in total. The molecule has 2 aromatic rings. The number of hydrogen-bond acceptors (Lipinski definition) is 3. The lowest BCUT2D eigenvalue weighted by Gasteiger charge is -2.01. The van der Waals surface area contributed by atoms with Gasteiger partial charge in [-0.05, 0) is 12.1 Å². The van der Waals surface area contributed by atoms with E-state index in [0.29, 0.717) is 11.1 Å². The summed E-state index contributed by atoms with van der Waals surface area (Å²) < 4.78 is 13.2. The Kier molecular flexibility index (Phi) is 2.10. The van der Waals surface area contributed by atoms with E-state index in [0.717, 1.165) is 6.20 Å². The number of rotatable bonds is 1. The molecule has 70 valence electrons. The van der Waals surface area contributed by atoms with Crippen LogP contribution in [0.2, 0.25) is 0 Å². The third kappa shape index (κ3) is 1.54. The number of aromatic nitrogens is 2. The zero-order valence-corrected chi connectivity index (χ0v) is 7.18. The van der Waals surface area contributed by atoms with Crippen molar-refractivity contribution in [1.29, 1.82) is 0 Å². The van der Waals surface area contributed by atoms with Crippen molar-refractivity contribution in [3.8, 4) is 16.9 Å². The molecule has 0 aromatic carbocycles. The Labute approximate surface area is 79.9 Å². The number of halogens is 1. The summed E-state index contributed by atoms with van der Waals surface area (Å²) in [6, 6.07) is 2.98. The summed E-state index contributed by atoms with van der Waals surface area (Å²) in [5.41, 5.74) is 0.910. The van der Waals surface area contributed by atoms with E-state index in [9.17, 15) is 4.39 Å². The molecule has 0 radical (unpaired) electrons. The minimum Gasteiger partial charge on any atom is -0.506 e. The minimum atomic E-state index is -0.431. The monoisotopic (exact) mass is 190 g/mol. The molecule has 0 spiro atoms. The Morgan fingerprint density at radius 3 is 2.71 bits per heavy atom. The van der Waals surface area contributed by atoms with Gasteiger partial charge in [-0.1, -0.05) is 0 Å². The standard InChI is InChI=1S/C10H7FN2O/c11-10-6-12-2-1-9(10)7-3-8(14)5-13-4-7/h1-6,14H. The maximum Gasteiger partial charge on any atom is 0.149 e. The highest BCUT2D eigenvalue weighted by atomic mass is 19.1. The van der Waals surface area contributed by atoms with Crippen molar-refractivity contribution in [3.63, 3.8) is 0 Å². The van der Waals surface area contributed by atoms with Crippen LogP contribution in [0, 0.1) is 5.82 Å². The topological polar surface area (TPSA) is 46.0 Å². The Bertz CT molecular complexity index is 459. The second kappa shape index (κ2) is 3.41. The highest BCUT2D eigenvalue weighted by Crippen LogP contribution is 2.23. The fraction of sp³-hybridized carbons (Fsp3) is 0. The number of pyridine rings is 2. The van der Waals surface area contributed by atoms with Crippen molar-refractivity contribution in [1.82, 2.24) is 9.97 Å². The van der Waals surface area contributed by atoms with Crippen molar-refractivity contribution in [2.75, 3.05) is 0 Å². The van der Waals surface area contributed by atoms with Gasteiger partial charge in [0.15, 0.2) is 0 Å². The van der Waals surface area contributed by atoms with Gasteiger partial charge in [-0.3, -0.25) is 9.97 Å². The summed E-state index contributed by atoms with van der Waals surface area (Å²) in [5.74, 6) is -0.418. The highest BCUT2D eigenvalue weighted by molar-refractivity contribution is 5.63. The van der Waals surface area contributed by atoms with Gasteiger partial charge in [0.1, 0.15) is 11.6 Å². The van der Waals surface area contributed by atoms with Crippen molar-refractivity contribution < 1.29 is 9.50 Å². The number of aromatic hydroxyl groups is 1. The van der Waals surface area contributed by atoms with Gasteiger partial charge in [0.2, 0.25) is 0 Å². The Morgan fingerprint density at radius 1 is 1.14 bits per heavy atom. The predicted molar refractivity (Wildman–Crippen MR) is 49.1 cm³/mol. The van der Waals surface area contributed by atoms with Gasteiger partial charge in [0.25, 0.3) is 0 Å². The molecule has 0 saturated carbocycles. The van der Waals surface area contributed by atoms with E-state index in [4.69, 9.17) is 5.11 Å². The predicted octanol–water partition coefficient (Wildman–Crippen LogP) is 1.99. The first-order valence-corrected chi connectivity index (χ1v) is 4.01. The smallest absolute Gasteiger partial charge is 0.149 e. The largest absolute Gasteiger partial charge is 0.506 e. The lowest BCUT2D eigenvalue weighted by molar-refractivity contribution is 0.473. The van der Waals surface area contributed by atoms with Gasteiger partial charge in [0.05, 0.1) is 12.4 Å². The molecule has 0 aliphatic heterocycles. The molecule has 4 heteroatoms. The van der Waals surface area contributed by atoms with Gasteiger partial charge in [-0.15, -0.1) is 0 Å².